The molecule has 0 radical (unpaired) electrons. The largest absolute Gasteiger partial charge is 0.512 e. The van der Waals surface area contributed by atoms with E-state index in [2.05, 4.69) is 0 Å². The monoisotopic (exact) mass is 498 g/mol. The summed E-state index contributed by atoms with van der Waals surface area (Å²) in [6.45, 7) is 4.66. The number of carbonyl (C=O) groups is 3. The van der Waals surface area contributed by atoms with E-state index in [9.17, 15) is 19.5 Å². The Morgan fingerprint density at radius 1 is 0.943 bits per heavy atom. The van der Waals surface area contributed by atoms with E-state index in [1.807, 2.05) is 0 Å². The van der Waals surface area contributed by atoms with E-state index in [0.717, 1.165) is 0 Å². The summed E-state index contributed by atoms with van der Waals surface area (Å²) in [5.41, 5.74) is -0.237. The van der Waals surface area contributed by atoms with E-state index in [-0.39, 0.29) is 42.1 Å². The van der Waals surface area contributed by atoms with E-state index >= 15 is 0 Å². The minimum Gasteiger partial charge on any atom is -0.512 e. The first-order chi connectivity index (χ1) is 16.7. The van der Waals surface area contributed by atoms with Crippen molar-refractivity contribution in [3.05, 3.63) is 87.1 Å². The average molecular weight is 499 g/mol. The Bertz CT molecular complexity index is 1190. The third-order valence-electron chi connectivity index (χ3n) is 5.81. The van der Waals surface area contributed by atoms with Gasteiger partial charge in [0, 0.05) is 10.6 Å². The number of aliphatic hydroxyl groups excluding tert-OH is 1. The van der Waals surface area contributed by atoms with Crippen molar-refractivity contribution in [2.24, 2.45) is 0 Å². The number of carbonyl (C=O) groups excluding carboxylic acids is 3. The maximum atomic E-state index is 13.7. The molecule has 0 spiro atoms. The van der Waals surface area contributed by atoms with E-state index in [4.69, 9.17) is 25.8 Å². The van der Waals surface area contributed by atoms with Gasteiger partial charge in [0.25, 0.3) is 0 Å². The lowest BCUT2D eigenvalue weighted by Crippen LogP contribution is -2.47. The molecule has 184 valence electrons. The lowest BCUT2D eigenvalue weighted by atomic mass is 9.74. The van der Waals surface area contributed by atoms with Gasteiger partial charge >= 0.3 is 17.9 Å². The van der Waals surface area contributed by atoms with Crippen LogP contribution in [0.25, 0.3) is 5.57 Å². The number of benzene rings is 2. The predicted octanol–water partition coefficient (Wildman–Crippen LogP) is 4.72. The van der Waals surface area contributed by atoms with Crippen LogP contribution in [0.4, 0.5) is 0 Å². The van der Waals surface area contributed by atoms with Crippen LogP contribution in [0.2, 0.25) is 5.02 Å². The first-order valence-corrected chi connectivity index (χ1v) is 11.5. The lowest BCUT2D eigenvalue weighted by molar-refractivity contribution is -0.162. The number of aliphatic hydroxyl groups is 1. The summed E-state index contributed by atoms with van der Waals surface area (Å²) in [5, 5.41) is 11.1. The van der Waals surface area contributed by atoms with E-state index in [0.29, 0.717) is 21.7 Å². The molecule has 0 saturated carbocycles. The number of hydrogen-bond donors (Lipinski definition) is 1. The number of allylic oxidation sites excluding steroid dienone is 1. The standard InChI is InChI=1S/C27H27ClO7/c1-5-34-25(31)27(26(32)35-6-2)20-10-8-7-9-19(20)23(22(16(3)29)24(30)33-4)21(27)15-17-11-13-18(28)14-12-17/h7-14,29H,5-6,15H2,1-4H3/b22-16-. The van der Waals surface area contributed by atoms with Crippen molar-refractivity contribution < 1.29 is 33.7 Å². The Labute approximate surface area is 209 Å². The van der Waals surface area contributed by atoms with Crippen LogP contribution in [0.1, 0.15) is 37.5 Å². The minimum absolute atomic E-state index is 0.0183. The van der Waals surface area contributed by atoms with Crippen molar-refractivity contribution in [1.82, 2.24) is 0 Å². The van der Waals surface area contributed by atoms with Gasteiger partial charge in [-0.3, -0.25) is 9.59 Å². The quantitative estimate of drug-likeness (QED) is 0.185. The Hall–Kier alpha value is -3.58. The fourth-order valence-corrected chi connectivity index (χ4v) is 4.54. The fraction of sp³-hybridized carbons (Fsp3) is 0.296. The second kappa shape index (κ2) is 10.8. The molecule has 0 atom stereocenters. The molecule has 1 N–H and O–H groups in total. The van der Waals surface area contributed by atoms with Gasteiger partial charge in [-0.1, -0.05) is 48.0 Å². The van der Waals surface area contributed by atoms with Crippen molar-refractivity contribution >= 4 is 35.1 Å². The normalized spacial score (nSPS) is 14.7. The first-order valence-electron chi connectivity index (χ1n) is 11.1. The van der Waals surface area contributed by atoms with Gasteiger partial charge < -0.3 is 19.3 Å². The molecule has 2 aromatic carbocycles. The number of ether oxygens (including phenoxy) is 3. The van der Waals surface area contributed by atoms with Crippen LogP contribution < -0.4 is 0 Å². The van der Waals surface area contributed by atoms with Crippen LogP contribution >= 0.6 is 11.6 Å². The summed E-state index contributed by atoms with van der Waals surface area (Å²) in [7, 11) is 1.19. The van der Waals surface area contributed by atoms with Gasteiger partial charge in [-0.05, 0) is 61.6 Å². The summed E-state index contributed by atoms with van der Waals surface area (Å²) in [6.07, 6.45) is 0.0621. The molecule has 2 aromatic rings. The van der Waals surface area contributed by atoms with Crippen LogP contribution in [0.3, 0.4) is 0 Å². The number of esters is 3. The van der Waals surface area contributed by atoms with Crippen LogP contribution in [-0.4, -0.2) is 43.3 Å². The third kappa shape index (κ3) is 4.56. The van der Waals surface area contributed by atoms with E-state index in [1.54, 1.807) is 62.4 Å². The molecule has 1 aliphatic rings. The summed E-state index contributed by atoms with van der Waals surface area (Å²) < 4.78 is 15.8. The Kier molecular flexibility index (Phi) is 8.02. The second-order valence-electron chi connectivity index (χ2n) is 7.85. The zero-order valence-electron chi connectivity index (χ0n) is 20.0. The average Bonchev–Trinajstić information content (AvgIpc) is 3.11. The van der Waals surface area contributed by atoms with Crippen LogP contribution in [-0.2, 0) is 40.4 Å². The molecule has 0 heterocycles. The molecule has 0 aliphatic heterocycles. The third-order valence-corrected chi connectivity index (χ3v) is 6.07. The van der Waals surface area contributed by atoms with Crippen LogP contribution in [0.5, 0.6) is 0 Å². The number of halogens is 1. The fourth-order valence-electron chi connectivity index (χ4n) is 4.41. The van der Waals surface area contributed by atoms with Crippen molar-refractivity contribution in [1.29, 1.82) is 0 Å². The highest BCUT2D eigenvalue weighted by Crippen LogP contribution is 2.52. The maximum Gasteiger partial charge on any atom is 0.341 e. The van der Waals surface area contributed by atoms with Gasteiger partial charge in [-0.25, -0.2) is 4.79 Å². The molecular weight excluding hydrogens is 472 g/mol. The van der Waals surface area contributed by atoms with Crippen molar-refractivity contribution in [3.63, 3.8) is 0 Å². The summed E-state index contributed by atoms with van der Waals surface area (Å²) >= 11 is 6.06. The molecule has 35 heavy (non-hydrogen) atoms. The smallest absolute Gasteiger partial charge is 0.341 e. The van der Waals surface area contributed by atoms with Crippen LogP contribution in [0, 0.1) is 0 Å². The molecule has 0 saturated heterocycles. The molecule has 1 aliphatic carbocycles. The van der Waals surface area contributed by atoms with Crippen LogP contribution in [0.15, 0.2) is 65.4 Å². The van der Waals surface area contributed by atoms with Gasteiger partial charge in [-0.15, -0.1) is 0 Å². The molecular formula is C27H27ClO7. The summed E-state index contributed by atoms with van der Waals surface area (Å²) in [6, 6.07) is 13.6. The number of methoxy groups -OCH3 is 1. The number of rotatable bonds is 8. The molecule has 7 nitrogen and oxygen atoms in total. The summed E-state index contributed by atoms with van der Waals surface area (Å²) in [4.78, 5) is 40.3. The maximum absolute atomic E-state index is 13.7. The SMILES string of the molecule is CCOC(=O)C1(C(=O)OCC)C(Cc2ccc(Cl)cc2)=C(/C(C(=O)OC)=C(\C)O)c2ccccc21. The summed E-state index contributed by atoms with van der Waals surface area (Å²) in [5.74, 6) is -2.79. The highest BCUT2D eigenvalue weighted by atomic mass is 35.5. The highest BCUT2D eigenvalue weighted by molar-refractivity contribution is 6.30. The Morgan fingerprint density at radius 3 is 2.03 bits per heavy atom. The molecule has 3 rings (SSSR count). The van der Waals surface area contributed by atoms with Crippen molar-refractivity contribution in [2.45, 2.75) is 32.6 Å². The zero-order chi connectivity index (χ0) is 25.8. The van der Waals surface area contributed by atoms with Gasteiger partial charge in [0.05, 0.1) is 20.3 Å². The van der Waals surface area contributed by atoms with Gasteiger partial charge in [0.1, 0.15) is 11.3 Å². The molecule has 0 aromatic heterocycles. The number of hydrogen-bond acceptors (Lipinski definition) is 7. The molecule has 0 unspecified atom stereocenters. The topological polar surface area (TPSA) is 99.1 Å². The molecule has 8 heteroatoms. The van der Waals surface area contributed by atoms with E-state index < -0.39 is 23.3 Å². The van der Waals surface area contributed by atoms with Crippen molar-refractivity contribution in [3.8, 4) is 0 Å². The van der Waals surface area contributed by atoms with Gasteiger partial charge in [0.2, 0.25) is 5.41 Å². The van der Waals surface area contributed by atoms with Gasteiger partial charge in [-0.2, -0.15) is 0 Å². The predicted molar refractivity (Wildman–Crippen MR) is 131 cm³/mol. The Balaban J connectivity index is 2.49. The highest BCUT2D eigenvalue weighted by Gasteiger charge is 2.59. The molecule has 0 bridgehead atoms. The Morgan fingerprint density at radius 2 is 1.51 bits per heavy atom. The first kappa shape index (κ1) is 26.0. The number of fused-ring (bicyclic) bond motifs is 1. The molecule has 0 fully saturated rings. The zero-order valence-corrected chi connectivity index (χ0v) is 20.8. The van der Waals surface area contributed by atoms with Crippen molar-refractivity contribution in [2.75, 3.05) is 20.3 Å². The molecule has 0 amide bonds. The minimum atomic E-state index is -1.99. The van der Waals surface area contributed by atoms with E-state index in [1.165, 1.54) is 14.0 Å². The van der Waals surface area contributed by atoms with Gasteiger partial charge in [0.15, 0.2) is 0 Å². The second-order valence-corrected chi connectivity index (χ2v) is 8.28. The lowest BCUT2D eigenvalue weighted by Gasteiger charge is -2.29.